The van der Waals surface area contributed by atoms with Gasteiger partial charge in [-0.25, -0.2) is 8.42 Å². The van der Waals surface area contributed by atoms with Crippen molar-refractivity contribution in [2.45, 2.75) is 31.4 Å². The second-order valence-electron chi connectivity index (χ2n) is 7.50. The Morgan fingerprint density at radius 3 is 2.93 bits per heavy atom. The van der Waals surface area contributed by atoms with Gasteiger partial charge >= 0.3 is 0 Å². The third kappa shape index (κ3) is 4.31. The molecule has 0 saturated carbocycles. The van der Waals surface area contributed by atoms with Gasteiger partial charge in [0.15, 0.2) is 5.76 Å². The summed E-state index contributed by atoms with van der Waals surface area (Å²) in [7, 11) is -3.82. The highest BCUT2D eigenvalue weighted by atomic mass is 32.2. The van der Waals surface area contributed by atoms with Crippen LogP contribution in [0.2, 0.25) is 0 Å². The Bertz CT molecular complexity index is 1120. The van der Waals surface area contributed by atoms with Crippen LogP contribution in [0.3, 0.4) is 0 Å². The molecule has 1 aromatic carbocycles. The lowest BCUT2D eigenvalue weighted by Crippen LogP contribution is -2.45. The van der Waals surface area contributed by atoms with Crippen molar-refractivity contribution in [1.82, 2.24) is 19.8 Å². The summed E-state index contributed by atoms with van der Waals surface area (Å²) in [6, 6.07) is 12.7. The number of hydrogen-bond donors (Lipinski definition) is 2. The predicted molar refractivity (Wildman–Crippen MR) is 111 cm³/mol. The Hall–Kier alpha value is -2.91. The number of H-pyrrole nitrogens is 1. The summed E-state index contributed by atoms with van der Waals surface area (Å²) in [6.07, 6.45) is 2.84. The van der Waals surface area contributed by atoms with E-state index in [4.69, 9.17) is 4.42 Å². The van der Waals surface area contributed by atoms with E-state index in [2.05, 4.69) is 15.5 Å². The zero-order chi connectivity index (χ0) is 21.1. The molecule has 2 N–H and O–H groups in total. The summed E-state index contributed by atoms with van der Waals surface area (Å²) in [5.41, 5.74) is 2.75. The van der Waals surface area contributed by atoms with Gasteiger partial charge in [-0.3, -0.25) is 9.89 Å². The number of amides is 1. The van der Waals surface area contributed by atoms with Crippen LogP contribution in [-0.4, -0.2) is 41.9 Å². The van der Waals surface area contributed by atoms with E-state index >= 15 is 0 Å². The van der Waals surface area contributed by atoms with Gasteiger partial charge in [0.1, 0.15) is 5.69 Å². The number of aromatic nitrogens is 2. The monoisotopic (exact) mass is 428 g/mol. The minimum absolute atomic E-state index is 0.131. The van der Waals surface area contributed by atoms with Crippen LogP contribution >= 0.6 is 0 Å². The standard InChI is InChI=1S/C21H24N4O4S/c1-15-4-2-5-16(12-15)13-22-21(26)17-6-3-11-25(14-17)30(27,28)20-8-7-19(29-20)18-9-10-23-24-18/h2,4-5,7-10,12,17H,3,6,11,13-14H2,1H3,(H,22,26)(H,23,24). The fourth-order valence-corrected chi connectivity index (χ4v) is 5.09. The first-order valence-corrected chi connectivity index (χ1v) is 11.3. The third-order valence-corrected chi connectivity index (χ3v) is 6.99. The largest absolute Gasteiger partial charge is 0.442 e. The molecule has 3 aromatic rings. The molecule has 158 valence electrons. The molecule has 9 heteroatoms. The highest BCUT2D eigenvalue weighted by Gasteiger charge is 2.35. The van der Waals surface area contributed by atoms with E-state index in [-0.39, 0.29) is 23.5 Å². The number of carbonyl (C=O) groups excluding carboxylic acids is 1. The minimum Gasteiger partial charge on any atom is -0.442 e. The van der Waals surface area contributed by atoms with Crippen LogP contribution in [0.15, 0.2) is 58.2 Å². The van der Waals surface area contributed by atoms with Crippen LogP contribution in [0.5, 0.6) is 0 Å². The Morgan fingerprint density at radius 1 is 1.30 bits per heavy atom. The van der Waals surface area contributed by atoms with Crippen molar-refractivity contribution >= 4 is 15.9 Å². The second-order valence-corrected chi connectivity index (χ2v) is 9.37. The van der Waals surface area contributed by atoms with Crippen LogP contribution in [0.25, 0.3) is 11.5 Å². The summed E-state index contributed by atoms with van der Waals surface area (Å²) >= 11 is 0. The molecule has 1 atom stereocenters. The number of rotatable bonds is 6. The second kappa shape index (κ2) is 8.45. The minimum atomic E-state index is -3.82. The van der Waals surface area contributed by atoms with Crippen molar-refractivity contribution in [2.24, 2.45) is 5.92 Å². The lowest BCUT2D eigenvalue weighted by molar-refractivity contribution is -0.126. The molecule has 3 heterocycles. The highest BCUT2D eigenvalue weighted by molar-refractivity contribution is 7.89. The molecule has 8 nitrogen and oxygen atoms in total. The maximum atomic E-state index is 13.0. The number of furan rings is 1. The van der Waals surface area contributed by atoms with E-state index in [0.29, 0.717) is 37.4 Å². The van der Waals surface area contributed by atoms with Crippen molar-refractivity contribution in [2.75, 3.05) is 13.1 Å². The summed E-state index contributed by atoms with van der Waals surface area (Å²) in [6.45, 7) is 2.93. The Labute approximate surface area is 175 Å². The molecule has 1 aliphatic heterocycles. The number of piperidine rings is 1. The zero-order valence-electron chi connectivity index (χ0n) is 16.7. The maximum Gasteiger partial charge on any atom is 0.276 e. The molecule has 4 rings (SSSR count). The highest BCUT2D eigenvalue weighted by Crippen LogP contribution is 2.28. The number of aryl methyl sites for hydroxylation is 1. The molecule has 0 aliphatic carbocycles. The van der Waals surface area contributed by atoms with E-state index in [1.54, 1.807) is 18.3 Å². The van der Waals surface area contributed by atoms with E-state index in [9.17, 15) is 13.2 Å². The summed E-state index contributed by atoms with van der Waals surface area (Å²) in [4.78, 5) is 12.7. The van der Waals surface area contributed by atoms with Gasteiger partial charge in [0, 0.05) is 25.8 Å². The lowest BCUT2D eigenvalue weighted by atomic mass is 9.98. The van der Waals surface area contributed by atoms with E-state index in [0.717, 1.165) is 11.1 Å². The number of nitrogens with one attached hydrogen (secondary N) is 2. The SMILES string of the molecule is Cc1cccc(CNC(=O)C2CCCN(S(=O)(=O)c3ccc(-c4ccn[nH]4)o3)C2)c1. The van der Waals surface area contributed by atoms with Gasteiger partial charge in [0.2, 0.25) is 11.0 Å². The number of nitrogens with zero attached hydrogens (tertiary/aromatic N) is 2. The van der Waals surface area contributed by atoms with Crippen molar-refractivity contribution in [3.8, 4) is 11.5 Å². The van der Waals surface area contributed by atoms with Crippen LogP contribution in [0, 0.1) is 12.8 Å². The molecule has 1 unspecified atom stereocenters. The van der Waals surface area contributed by atoms with Crippen LogP contribution in [0.1, 0.15) is 24.0 Å². The van der Waals surface area contributed by atoms with Crippen LogP contribution < -0.4 is 5.32 Å². The third-order valence-electron chi connectivity index (χ3n) is 5.25. The Balaban J connectivity index is 1.42. The maximum absolute atomic E-state index is 13.0. The topological polar surface area (TPSA) is 108 Å². The molecule has 0 spiro atoms. The predicted octanol–water partition coefficient (Wildman–Crippen LogP) is 2.70. The number of benzene rings is 1. The molecule has 2 aromatic heterocycles. The number of hydrogen-bond acceptors (Lipinski definition) is 5. The summed E-state index contributed by atoms with van der Waals surface area (Å²) in [5, 5.41) is 9.39. The van der Waals surface area contributed by atoms with Gasteiger partial charge in [-0.2, -0.15) is 9.40 Å². The number of carbonyl (C=O) groups is 1. The average molecular weight is 429 g/mol. The quantitative estimate of drug-likeness (QED) is 0.628. The van der Waals surface area contributed by atoms with Crippen molar-refractivity contribution in [3.63, 3.8) is 0 Å². The molecule has 1 fully saturated rings. The zero-order valence-corrected chi connectivity index (χ0v) is 17.5. The van der Waals surface area contributed by atoms with Crippen molar-refractivity contribution < 1.29 is 17.6 Å². The van der Waals surface area contributed by atoms with E-state index in [1.807, 2.05) is 31.2 Å². The fraction of sp³-hybridized carbons (Fsp3) is 0.333. The molecular formula is C21H24N4O4S. The van der Waals surface area contributed by atoms with Gasteiger partial charge in [0.25, 0.3) is 10.0 Å². The van der Waals surface area contributed by atoms with E-state index in [1.165, 1.54) is 10.4 Å². The molecule has 0 bridgehead atoms. The first kappa shape index (κ1) is 20.4. The molecule has 0 radical (unpaired) electrons. The Kier molecular flexibility index (Phi) is 5.74. The van der Waals surface area contributed by atoms with E-state index < -0.39 is 10.0 Å². The average Bonchev–Trinajstić information content (AvgIpc) is 3.44. The normalized spacial score (nSPS) is 17.7. The lowest BCUT2D eigenvalue weighted by Gasteiger charge is -2.30. The van der Waals surface area contributed by atoms with Gasteiger partial charge in [-0.05, 0) is 43.5 Å². The van der Waals surface area contributed by atoms with Gasteiger partial charge in [-0.15, -0.1) is 0 Å². The first-order chi connectivity index (χ1) is 14.4. The molecule has 30 heavy (non-hydrogen) atoms. The fourth-order valence-electron chi connectivity index (χ4n) is 3.65. The first-order valence-electron chi connectivity index (χ1n) is 9.86. The Morgan fingerprint density at radius 2 is 2.17 bits per heavy atom. The smallest absolute Gasteiger partial charge is 0.276 e. The van der Waals surface area contributed by atoms with Crippen LogP contribution in [-0.2, 0) is 21.4 Å². The molecule has 1 amide bonds. The van der Waals surface area contributed by atoms with Crippen molar-refractivity contribution in [3.05, 3.63) is 59.8 Å². The van der Waals surface area contributed by atoms with Gasteiger partial charge < -0.3 is 9.73 Å². The molecule has 1 aliphatic rings. The number of aromatic amines is 1. The van der Waals surface area contributed by atoms with Crippen LogP contribution in [0.4, 0.5) is 0 Å². The number of sulfonamides is 1. The molecule has 1 saturated heterocycles. The summed E-state index contributed by atoms with van der Waals surface area (Å²) < 4.78 is 33.0. The van der Waals surface area contributed by atoms with Gasteiger partial charge in [-0.1, -0.05) is 29.8 Å². The van der Waals surface area contributed by atoms with Crippen molar-refractivity contribution in [1.29, 1.82) is 0 Å². The molecular weight excluding hydrogens is 404 g/mol. The van der Waals surface area contributed by atoms with Gasteiger partial charge in [0.05, 0.1) is 5.92 Å². The summed E-state index contributed by atoms with van der Waals surface area (Å²) in [5.74, 6) is -0.120.